The Bertz CT molecular complexity index is 1910. The molecular weight excluding hydrogens is 726 g/mol. The molecule has 56 heavy (non-hydrogen) atoms. The maximum Gasteiger partial charge on any atom is 0.319 e. The molecule has 304 valence electrons. The van der Waals surface area contributed by atoms with E-state index in [1.165, 1.54) is 0 Å². The number of anilines is 8. The minimum atomic E-state index is -0.739. The van der Waals surface area contributed by atoms with Crippen LogP contribution in [0.1, 0.15) is 68.7 Å². The van der Waals surface area contributed by atoms with Crippen molar-refractivity contribution in [3.63, 3.8) is 0 Å². The highest BCUT2D eigenvalue weighted by Gasteiger charge is 2.20. The van der Waals surface area contributed by atoms with Crippen LogP contribution < -0.4 is 42.5 Å². The molecule has 2 heterocycles. The van der Waals surface area contributed by atoms with Crippen LogP contribution >= 0.6 is 0 Å². The van der Waals surface area contributed by atoms with Gasteiger partial charge < -0.3 is 52.7 Å². The van der Waals surface area contributed by atoms with Crippen LogP contribution in [0.4, 0.5) is 64.7 Å². The lowest BCUT2D eigenvalue weighted by Gasteiger charge is -2.24. The molecule has 2 aromatic heterocycles. The van der Waals surface area contributed by atoms with Crippen LogP contribution in [-0.4, -0.2) is 78.1 Å². The Morgan fingerprint density at radius 3 is 1.54 bits per heavy atom. The van der Waals surface area contributed by atoms with Gasteiger partial charge in [-0.05, 0) is 98.2 Å². The molecule has 4 rings (SSSR count). The Balaban J connectivity index is 0.000000300. The van der Waals surface area contributed by atoms with Crippen molar-refractivity contribution in [1.29, 1.82) is 0 Å². The summed E-state index contributed by atoms with van der Waals surface area (Å²) in [5.74, 6) is -0.873. The van der Waals surface area contributed by atoms with Crippen LogP contribution in [0.2, 0.25) is 0 Å². The van der Waals surface area contributed by atoms with E-state index in [-0.39, 0.29) is 65.9 Å². The zero-order chi connectivity index (χ0) is 41.7. The molecule has 0 aliphatic heterocycles. The number of nitrogens with zero attached hydrogens (tertiary/aromatic N) is 4. The van der Waals surface area contributed by atoms with Crippen LogP contribution in [0.15, 0.2) is 60.9 Å². The van der Waals surface area contributed by atoms with Gasteiger partial charge in [-0.2, -0.15) is 9.97 Å². The molecule has 16 nitrogen and oxygen atoms in total. The summed E-state index contributed by atoms with van der Waals surface area (Å²) in [4.78, 5) is 40.1. The van der Waals surface area contributed by atoms with Crippen molar-refractivity contribution in [1.82, 2.24) is 30.6 Å². The summed E-state index contributed by atoms with van der Waals surface area (Å²) in [5.41, 5.74) is 0.959. The Labute approximate surface area is 326 Å². The number of urea groups is 2. The number of hydrogen-bond donors (Lipinski definition) is 10. The SMILES string of the molecule is CC(C)(C)NC(=O)Nc1cccc(Nc2ncc(F)c(NC(C)(C)CO)n2)c1.CC[C@@H](CO)Nc1nc(Nc2cccc(NC(=O)NC(C)(C)C)c2)ncc1F. The Morgan fingerprint density at radius 1 is 0.696 bits per heavy atom. The average Bonchev–Trinajstić information content (AvgIpc) is 3.09. The van der Waals surface area contributed by atoms with Gasteiger partial charge in [-0.1, -0.05) is 19.1 Å². The first-order valence-corrected chi connectivity index (χ1v) is 17.9. The molecule has 0 unspecified atom stereocenters. The first kappa shape index (κ1) is 44.5. The number of aliphatic hydroxyl groups excluding tert-OH is 2. The summed E-state index contributed by atoms with van der Waals surface area (Å²) in [6, 6.07) is 13.0. The van der Waals surface area contributed by atoms with E-state index in [0.29, 0.717) is 29.2 Å². The molecule has 10 N–H and O–H groups in total. The summed E-state index contributed by atoms with van der Waals surface area (Å²) in [6.45, 7) is 16.3. The van der Waals surface area contributed by atoms with Crippen LogP contribution in [0.3, 0.4) is 0 Å². The van der Waals surface area contributed by atoms with Gasteiger partial charge in [-0.3, -0.25) is 0 Å². The van der Waals surface area contributed by atoms with E-state index >= 15 is 0 Å². The molecule has 0 spiro atoms. The molecule has 2 aromatic carbocycles. The quantitative estimate of drug-likeness (QED) is 0.0668. The summed E-state index contributed by atoms with van der Waals surface area (Å²) in [7, 11) is 0. The van der Waals surface area contributed by atoms with E-state index in [2.05, 4.69) is 62.5 Å². The number of benzene rings is 2. The third-order valence-electron chi connectivity index (χ3n) is 7.12. The average molecular weight is 781 g/mol. The zero-order valence-corrected chi connectivity index (χ0v) is 33.2. The smallest absolute Gasteiger partial charge is 0.319 e. The molecule has 18 heteroatoms. The Hall–Kier alpha value is -5.88. The van der Waals surface area contributed by atoms with Crippen LogP contribution in [0, 0.1) is 11.6 Å². The molecule has 0 saturated heterocycles. The van der Waals surface area contributed by atoms with Crippen molar-refractivity contribution in [2.45, 2.75) is 91.4 Å². The van der Waals surface area contributed by atoms with Gasteiger partial charge in [0.05, 0.1) is 37.2 Å². The number of halogens is 2. The fourth-order valence-electron chi connectivity index (χ4n) is 4.49. The Morgan fingerprint density at radius 2 is 1.12 bits per heavy atom. The molecular formula is C38H54F2N12O4. The lowest BCUT2D eigenvalue weighted by molar-refractivity contribution is 0.233. The number of carbonyl (C=O) groups excluding carboxylic acids is 2. The van der Waals surface area contributed by atoms with Crippen molar-refractivity contribution >= 4 is 58.3 Å². The molecule has 4 aromatic rings. The fraction of sp³-hybridized carbons (Fsp3) is 0.421. The van der Waals surface area contributed by atoms with Gasteiger partial charge in [-0.15, -0.1) is 0 Å². The summed E-state index contributed by atoms with van der Waals surface area (Å²) >= 11 is 0. The molecule has 1 atom stereocenters. The lowest BCUT2D eigenvalue weighted by Crippen LogP contribution is -2.43. The number of nitrogens with one attached hydrogen (secondary N) is 8. The molecule has 0 fully saturated rings. The van der Waals surface area contributed by atoms with Crippen molar-refractivity contribution in [3.8, 4) is 0 Å². The number of rotatable bonds is 13. The van der Waals surface area contributed by atoms with Gasteiger partial charge in [0.25, 0.3) is 0 Å². The molecule has 4 amide bonds. The van der Waals surface area contributed by atoms with Crippen molar-refractivity contribution in [2.24, 2.45) is 0 Å². The minimum Gasteiger partial charge on any atom is -0.394 e. The van der Waals surface area contributed by atoms with Gasteiger partial charge in [0.2, 0.25) is 11.9 Å². The van der Waals surface area contributed by atoms with E-state index in [4.69, 9.17) is 0 Å². The molecule has 0 aliphatic carbocycles. The van der Waals surface area contributed by atoms with Crippen LogP contribution in [-0.2, 0) is 0 Å². The van der Waals surface area contributed by atoms with Gasteiger partial charge >= 0.3 is 12.1 Å². The third-order valence-corrected chi connectivity index (χ3v) is 7.12. The van der Waals surface area contributed by atoms with E-state index in [0.717, 1.165) is 12.4 Å². The van der Waals surface area contributed by atoms with Crippen molar-refractivity contribution in [2.75, 3.05) is 45.1 Å². The standard InChI is InChI=1S/2C19H27FN6O2/c1-18(2,3)26-17(28)23-13-8-6-7-12(9-13)22-16-21-10-14(20)15(24-16)25-19(4,5)11-27;1-5-12(11-27)22-16-15(20)10-21-17(25-16)23-13-7-6-8-14(9-13)24-18(28)26-19(2,3)4/h6-10,27H,11H2,1-5H3,(H2,23,26,28)(H2,21,22,24,25);6-10,12,27H,5,11H2,1-4H3,(H2,24,26,28)(H2,21,22,23,25)/t;12-/m.0/s1. The van der Waals surface area contributed by atoms with Crippen LogP contribution in [0.5, 0.6) is 0 Å². The van der Waals surface area contributed by atoms with Gasteiger partial charge in [0.1, 0.15) is 0 Å². The molecule has 0 aliphatic rings. The number of aromatic nitrogens is 4. The van der Waals surface area contributed by atoms with Crippen molar-refractivity contribution < 1.29 is 28.6 Å². The fourth-order valence-corrected chi connectivity index (χ4v) is 4.49. The van der Waals surface area contributed by atoms with Crippen LogP contribution in [0.25, 0.3) is 0 Å². The lowest BCUT2D eigenvalue weighted by atomic mass is 10.1. The first-order chi connectivity index (χ1) is 26.2. The highest BCUT2D eigenvalue weighted by molar-refractivity contribution is 5.91. The van der Waals surface area contributed by atoms with Gasteiger partial charge in [0.15, 0.2) is 23.3 Å². The highest BCUT2D eigenvalue weighted by atomic mass is 19.1. The molecule has 0 bridgehead atoms. The predicted molar refractivity (Wildman–Crippen MR) is 217 cm³/mol. The topological polar surface area (TPSA) is 222 Å². The summed E-state index contributed by atoms with van der Waals surface area (Å²) in [6.07, 6.45) is 2.72. The first-order valence-electron chi connectivity index (χ1n) is 17.9. The minimum absolute atomic E-state index is 0.0113. The second-order valence-corrected chi connectivity index (χ2v) is 15.4. The normalized spacial score (nSPS) is 11.9. The second kappa shape index (κ2) is 19.6. The van der Waals surface area contributed by atoms with Gasteiger partial charge in [-0.25, -0.2) is 28.3 Å². The second-order valence-electron chi connectivity index (χ2n) is 15.4. The van der Waals surface area contributed by atoms with Crippen molar-refractivity contribution in [3.05, 3.63) is 72.6 Å². The van der Waals surface area contributed by atoms with E-state index in [1.54, 1.807) is 62.4 Å². The number of aliphatic hydroxyl groups is 2. The third kappa shape index (κ3) is 15.8. The van der Waals surface area contributed by atoms with E-state index in [1.807, 2.05) is 48.5 Å². The molecule has 0 radical (unpaired) electrons. The predicted octanol–water partition coefficient (Wildman–Crippen LogP) is 6.92. The maximum absolute atomic E-state index is 14.0. The Kier molecular flexibility index (Phi) is 15.6. The zero-order valence-electron chi connectivity index (χ0n) is 33.2. The molecule has 0 saturated carbocycles. The van der Waals surface area contributed by atoms with E-state index < -0.39 is 17.2 Å². The summed E-state index contributed by atoms with van der Waals surface area (Å²) < 4.78 is 27.9. The monoisotopic (exact) mass is 780 g/mol. The van der Waals surface area contributed by atoms with Gasteiger partial charge in [0, 0.05) is 33.8 Å². The summed E-state index contributed by atoms with van der Waals surface area (Å²) in [5, 5.41) is 41.4. The van der Waals surface area contributed by atoms with E-state index in [9.17, 15) is 28.6 Å². The number of carbonyl (C=O) groups is 2. The maximum atomic E-state index is 14.0. The number of amides is 4. The highest BCUT2D eigenvalue weighted by Crippen LogP contribution is 2.23. The largest absolute Gasteiger partial charge is 0.394 e. The number of hydrogen-bond acceptors (Lipinski definition) is 12.